The molecule has 2 aromatic rings. The van der Waals surface area contributed by atoms with Gasteiger partial charge in [-0.25, -0.2) is 0 Å². The first-order valence-corrected chi connectivity index (χ1v) is 9.43. The van der Waals surface area contributed by atoms with Crippen LogP contribution in [0.25, 0.3) is 0 Å². The van der Waals surface area contributed by atoms with Gasteiger partial charge in [0.1, 0.15) is 11.5 Å². The lowest BCUT2D eigenvalue weighted by atomic mass is 9.86. The van der Waals surface area contributed by atoms with Gasteiger partial charge in [-0.15, -0.1) is 0 Å². The molecule has 2 nitrogen and oxygen atoms in total. The van der Waals surface area contributed by atoms with Gasteiger partial charge in [0.25, 0.3) is 0 Å². The maximum atomic E-state index is 10.8. The van der Waals surface area contributed by atoms with Gasteiger partial charge in [-0.1, -0.05) is 52.0 Å². The van der Waals surface area contributed by atoms with Crippen molar-refractivity contribution in [1.82, 2.24) is 0 Å². The molecule has 2 heteroatoms. The van der Waals surface area contributed by atoms with E-state index in [2.05, 4.69) is 52.0 Å². The zero-order chi connectivity index (χ0) is 18.7. The van der Waals surface area contributed by atoms with Gasteiger partial charge in [0.05, 0.1) is 0 Å². The first kappa shape index (κ1) is 19.4. The lowest BCUT2D eigenvalue weighted by Gasteiger charge is -2.20. The predicted octanol–water partition coefficient (Wildman–Crippen LogP) is 6.33. The van der Waals surface area contributed by atoms with Gasteiger partial charge in [0.15, 0.2) is 0 Å². The molecule has 2 unspecified atom stereocenters. The van der Waals surface area contributed by atoms with E-state index in [1.165, 1.54) is 11.1 Å². The molecule has 0 aliphatic heterocycles. The van der Waals surface area contributed by atoms with Crippen molar-refractivity contribution in [2.75, 3.05) is 0 Å². The summed E-state index contributed by atoms with van der Waals surface area (Å²) in [7, 11) is 0. The summed E-state index contributed by atoms with van der Waals surface area (Å²) in [5.74, 6) is 1.54. The normalized spacial score (nSPS) is 13.7. The van der Waals surface area contributed by atoms with Crippen molar-refractivity contribution in [1.29, 1.82) is 0 Å². The Balaban J connectivity index is 2.50. The number of hydrogen-bond acceptors (Lipinski definition) is 2. The summed E-state index contributed by atoms with van der Waals surface area (Å²) >= 11 is 0. The van der Waals surface area contributed by atoms with Crippen LogP contribution in [0.4, 0.5) is 0 Å². The van der Waals surface area contributed by atoms with Crippen LogP contribution in [-0.4, -0.2) is 10.2 Å². The number of aromatic hydroxyl groups is 2. The van der Waals surface area contributed by atoms with E-state index in [-0.39, 0.29) is 0 Å². The molecule has 0 radical (unpaired) electrons. The van der Waals surface area contributed by atoms with Crippen LogP contribution < -0.4 is 0 Å². The molecule has 0 aliphatic rings. The Morgan fingerprint density at radius 2 is 1.12 bits per heavy atom. The Morgan fingerprint density at radius 1 is 0.720 bits per heavy atom. The third-order valence-electron chi connectivity index (χ3n) is 5.47. The average Bonchev–Trinajstić information content (AvgIpc) is 2.59. The van der Waals surface area contributed by atoms with Gasteiger partial charge in [0, 0.05) is 0 Å². The van der Waals surface area contributed by atoms with E-state index < -0.39 is 0 Å². The summed E-state index contributed by atoms with van der Waals surface area (Å²) in [6.07, 6.45) is 2.83. The van der Waals surface area contributed by atoms with E-state index >= 15 is 0 Å². The van der Waals surface area contributed by atoms with E-state index in [4.69, 9.17) is 0 Å². The molecule has 2 aromatic carbocycles. The number of phenolic OH excluding ortho intramolecular Hbond substituents is 2. The fourth-order valence-corrected chi connectivity index (χ4v) is 3.42. The van der Waals surface area contributed by atoms with Crippen LogP contribution in [0.15, 0.2) is 24.3 Å². The Labute approximate surface area is 152 Å². The van der Waals surface area contributed by atoms with Crippen LogP contribution in [0.1, 0.15) is 85.8 Å². The third kappa shape index (κ3) is 4.18. The average molecular weight is 341 g/mol. The summed E-state index contributed by atoms with van der Waals surface area (Å²) < 4.78 is 0. The molecule has 0 fully saturated rings. The monoisotopic (exact) mass is 340 g/mol. The highest BCUT2D eigenvalue weighted by Crippen LogP contribution is 2.38. The first-order chi connectivity index (χ1) is 11.8. The molecule has 0 heterocycles. The number of aryl methyl sites for hydroxylation is 2. The van der Waals surface area contributed by atoms with Gasteiger partial charge >= 0.3 is 0 Å². The number of benzene rings is 2. The molecule has 0 saturated heterocycles. The van der Waals surface area contributed by atoms with Crippen LogP contribution in [-0.2, 0) is 6.42 Å². The second-order valence-corrected chi connectivity index (χ2v) is 7.50. The highest BCUT2D eigenvalue weighted by molar-refractivity contribution is 5.49. The molecular formula is C23H32O2. The van der Waals surface area contributed by atoms with Crippen molar-refractivity contribution in [2.24, 2.45) is 0 Å². The van der Waals surface area contributed by atoms with Gasteiger partial charge < -0.3 is 10.2 Å². The summed E-state index contributed by atoms with van der Waals surface area (Å²) in [5.41, 5.74) is 6.37. The molecule has 0 bridgehead atoms. The van der Waals surface area contributed by atoms with Crippen molar-refractivity contribution in [3.05, 3.63) is 57.6 Å². The maximum Gasteiger partial charge on any atom is 0.122 e. The van der Waals surface area contributed by atoms with Crippen molar-refractivity contribution in [2.45, 2.75) is 72.6 Å². The van der Waals surface area contributed by atoms with E-state index in [1.54, 1.807) is 0 Å². The molecule has 0 saturated carbocycles. The van der Waals surface area contributed by atoms with E-state index in [9.17, 15) is 10.2 Å². The minimum absolute atomic E-state index is 0.339. The van der Waals surface area contributed by atoms with Crippen LogP contribution in [0.2, 0.25) is 0 Å². The quantitative estimate of drug-likeness (QED) is 0.645. The molecule has 2 rings (SSSR count). The highest BCUT2D eigenvalue weighted by Gasteiger charge is 2.18. The molecule has 2 atom stereocenters. The lowest BCUT2D eigenvalue weighted by molar-refractivity contribution is 0.448. The molecule has 25 heavy (non-hydrogen) atoms. The Morgan fingerprint density at radius 3 is 1.52 bits per heavy atom. The van der Waals surface area contributed by atoms with Gasteiger partial charge in [-0.05, 0) is 78.3 Å². The van der Waals surface area contributed by atoms with Gasteiger partial charge in [-0.2, -0.15) is 0 Å². The van der Waals surface area contributed by atoms with Crippen LogP contribution in [0.5, 0.6) is 11.5 Å². The fraction of sp³-hybridized carbons (Fsp3) is 0.478. The standard InChI is InChI=1S/C23H32O2/c1-7-14(3)20-12-19(13-21(23(20)25)15(4)8-2)11-18-9-16(5)22(24)17(6)10-18/h9-10,12-15,24-25H,7-8,11H2,1-6H3. The Kier molecular flexibility index (Phi) is 6.16. The SMILES string of the molecule is CCC(C)c1cc(Cc2cc(C)c(O)c(C)c2)cc(C(C)CC)c1O. The largest absolute Gasteiger partial charge is 0.507 e. The maximum absolute atomic E-state index is 10.8. The minimum Gasteiger partial charge on any atom is -0.507 e. The van der Waals surface area contributed by atoms with E-state index in [0.29, 0.717) is 23.3 Å². The van der Waals surface area contributed by atoms with Crippen molar-refractivity contribution >= 4 is 0 Å². The van der Waals surface area contributed by atoms with Crippen LogP contribution >= 0.6 is 0 Å². The first-order valence-electron chi connectivity index (χ1n) is 9.43. The second-order valence-electron chi connectivity index (χ2n) is 7.50. The lowest BCUT2D eigenvalue weighted by Crippen LogP contribution is -2.02. The number of rotatable bonds is 6. The van der Waals surface area contributed by atoms with Crippen LogP contribution in [0, 0.1) is 13.8 Å². The molecular weight excluding hydrogens is 308 g/mol. The fourth-order valence-electron chi connectivity index (χ4n) is 3.42. The van der Waals surface area contributed by atoms with E-state index in [0.717, 1.165) is 41.5 Å². The molecule has 136 valence electrons. The van der Waals surface area contributed by atoms with Gasteiger partial charge in [-0.3, -0.25) is 0 Å². The summed E-state index contributed by atoms with van der Waals surface area (Å²) in [5, 5.41) is 20.8. The van der Waals surface area contributed by atoms with Crippen molar-refractivity contribution in [3.63, 3.8) is 0 Å². The molecule has 0 aromatic heterocycles. The van der Waals surface area contributed by atoms with Crippen molar-refractivity contribution in [3.8, 4) is 11.5 Å². The Bertz CT molecular complexity index is 692. The van der Waals surface area contributed by atoms with Gasteiger partial charge in [0.2, 0.25) is 0 Å². The summed E-state index contributed by atoms with van der Waals surface area (Å²) in [6.45, 7) is 12.6. The summed E-state index contributed by atoms with van der Waals surface area (Å²) in [4.78, 5) is 0. The number of hydrogen-bond donors (Lipinski definition) is 2. The molecule has 0 spiro atoms. The molecule has 2 N–H and O–H groups in total. The topological polar surface area (TPSA) is 40.5 Å². The third-order valence-corrected chi connectivity index (χ3v) is 5.47. The summed E-state index contributed by atoms with van der Waals surface area (Å²) in [6, 6.07) is 8.43. The van der Waals surface area contributed by atoms with E-state index in [1.807, 2.05) is 13.8 Å². The smallest absolute Gasteiger partial charge is 0.122 e. The molecule has 0 amide bonds. The van der Waals surface area contributed by atoms with Crippen LogP contribution in [0.3, 0.4) is 0 Å². The predicted molar refractivity (Wildman–Crippen MR) is 106 cm³/mol. The number of phenols is 2. The Hall–Kier alpha value is -1.96. The zero-order valence-electron chi connectivity index (χ0n) is 16.5. The van der Waals surface area contributed by atoms with Crippen molar-refractivity contribution < 1.29 is 10.2 Å². The zero-order valence-corrected chi connectivity index (χ0v) is 16.5. The second kappa shape index (κ2) is 7.95. The molecule has 0 aliphatic carbocycles. The highest BCUT2D eigenvalue weighted by atomic mass is 16.3. The minimum atomic E-state index is 0.339.